The van der Waals surface area contributed by atoms with Gasteiger partial charge in [-0.3, -0.25) is 29.4 Å². The second kappa shape index (κ2) is 6.89. The van der Waals surface area contributed by atoms with Crippen molar-refractivity contribution in [3.63, 3.8) is 0 Å². The molecule has 2 aromatic rings. The van der Waals surface area contributed by atoms with Crippen LogP contribution < -0.4 is 16.4 Å². The Kier molecular flexibility index (Phi) is 4.40. The number of nitrogens with zero attached hydrogens (tertiary/aromatic N) is 2. The number of hydrogen-bond donors (Lipinski definition) is 3. The average Bonchev–Trinajstić information content (AvgIpc) is 3.24. The Morgan fingerprint density at radius 2 is 1.96 bits per heavy atom. The van der Waals surface area contributed by atoms with E-state index in [1.807, 2.05) is 0 Å². The molecule has 1 fully saturated rings. The van der Waals surface area contributed by atoms with Crippen molar-refractivity contribution in [2.75, 3.05) is 5.32 Å². The highest BCUT2D eigenvalue weighted by Crippen LogP contribution is 2.28. The highest BCUT2D eigenvalue weighted by molar-refractivity contribution is 6.23. The zero-order chi connectivity index (χ0) is 19.8. The molecular weight excluding hydrogens is 366 g/mol. The summed E-state index contributed by atoms with van der Waals surface area (Å²) in [4.78, 5) is 49.8. The number of imide groups is 2. The number of nitrogens with two attached hydrogens (primary N) is 1. The first-order valence-corrected chi connectivity index (χ1v) is 8.72. The van der Waals surface area contributed by atoms with Gasteiger partial charge in [-0.1, -0.05) is 11.2 Å². The summed E-state index contributed by atoms with van der Waals surface area (Å²) in [6.07, 6.45) is 0.210. The van der Waals surface area contributed by atoms with Crippen LogP contribution in [0.15, 0.2) is 28.8 Å². The number of carbonyl (C=O) groups excluding carboxylic acids is 4. The van der Waals surface area contributed by atoms with Gasteiger partial charge in [-0.25, -0.2) is 0 Å². The van der Waals surface area contributed by atoms with Crippen molar-refractivity contribution in [2.45, 2.75) is 32.0 Å². The quantitative estimate of drug-likeness (QED) is 0.618. The number of amides is 4. The molecule has 1 unspecified atom stereocenters. The Hall–Kier alpha value is -3.53. The minimum Gasteiger partial charge on any atom is -0.363 e. The molecule has 1 aromatic heterocycles. The maximum absolute atomic E-state index is 12.8. The van der Waals surface area contributed by atoms with Gasteiger partial charge in [-0.15, -0.1) is 0 Å². The molecule has 1 aromatic carbocycles. The molecule has 4 rings (SSSR count). The van der Waals surface area contributed by atoms with E-state index in [0.29, 0.717) is 18.1 Å². The van der Waals surface area contributed by atoms with Crippen LogP contribution in [-0.4, -0.2) is 39.7 Å². The van der Waals surface area contributed by atoms with E-state index < -0.39 is 29.7 Å². The fraction of sp³-hybridized carbons (Fsp3) is 0.278. The minimum atomic E-state index is -0.975. The van der Waals surface area contributed by atoms with E-state index in [2.05, 4.69) is 15.8 Å². The van der Waals surface area contributed by atoms with Crippen LogP contribution in [0.2, 0.25) is 0 Å². The molecule has 1 atom stereocenters. The normalized spacial score (nSPS) is 19.0. The number of rotatable bonds is 5. The van der Waals surface area contributed by atoms with Gasteiger partial charge in [0.05, 0.1) is 17.7 Å². The molecule has 144 valence electrons. The number of fused-ring (bicyclic) bond motifs is 1. The molecule has 4 N–H and O–H groups in total. The highest BCUT2D eigenvalue weighted by atomic mass is 16.5. The number of anilines is 1. The van der Waals surface area contributed by atoms with Crippen molar-refractivity contribution in [1.82, 2.24) is 15.4 Å². The molecule has 2 aliphatic heterocycles. The second-order valence-corrected chi connectivity index (χ2v) is 6.56. The summed E-state index contributed by atoms with van der Waals surface area (Å²) in [6, 6.07) is 5.59. The Morgan fingerprint density at radius 3 is 2.68 bits per heavy atom. The zero-order valence-corrected chi connectivity index (χ0v) is 14.7. The first-order chi connectivity index (χ1) is 13.5. The largest absolute Gasteiger partial charge is 0.363 e. The first kappa shape index (κ1) is 17.9. The lowest BCUT2D eigenvalue weighted by Gasteiger charge is -2.27. The number of nitrogens with one attached hydrogen (secondary N) is 2. The molecular formula is C18H17N5O5. The van der Waals surface area contributed by atoms with Gasteiger partial charge in [0, 0.05) is 19.0 Å². The third kappa shape index (κ3) is 3.03. The van der Waals surface area contributed by atoms with Gasteiger partial charge in [0.15, 0.2) is 11.6 Å². The van der Waals surface area contributed by atoms with E-state index in [-0.39, 0.29) is 30.5 Å². The summed E-state index contributed by atoms with van der Waals surface area (Å²) in [5.74, 6) is -1.06. The lowest BCUT2D eigenvalue weighted by Crippen LogP contribution is -2.54. The summed E-state index contributed by atoms with van der Waals surface area (Å²) < 4.78 is 5.00. The molecule has 0 spiro atoms. The van der Waals surface area contributed by atoms with Gasteiger partial charge >= 0.3 is 0 Å². The topological polar surface area (TPSA) is 148 Å². The first-order valence-electron chi connectivity index (χ1n) is 8.72. The molecule has 0 radical (unpaired) electrons. The van der Waals surface area contributed by atoms with Crippen molar-refractivity contribution >= 4 is 29.4 Å². The van der Waals surface area contributed by atoms with Gasteiger partial charge in [0.2, 0.25) is 11.8 Å². The summed E-state index contributed by atoms with van der Waals surface area (Å²) in [7, 11) is 0. The zero-order valence-electron chi connectivity index (χ0n) is 14.7. The molecule has 10 heteroatoms. The molecule has 4 amide bonds. The fourth-order valence-electron chi connectivity index (χ4n) is 3.31. The van der Waals surface area contributed by atoms with Crippen LogP contribution in [0.1, 0.15) is 44.9 Å². The number of hydrogen-bond acceptors (Lipinski definition) is 8. The molecule has 0 saturated carbocycles. The van der Waals surface area contributed by atoms with Crippen LogP contribution in [0.4, 0.5) is 5.82 Å². The second-order valence-electron chi connectivity index (χ2n) is 6.56. The van der Waals surface area contributed by atoms with Gasteiger partial charge < -0.3 is 15.6 Å². The van der Waals surface area contributed by atoms with Crippen LogP contribution in [-0.2, 0) is 22.7 Å². The fourth-order valence-corrected chi connectivity index (χ4v) is 3.31. The van der Waals surface area contributed by atoms with E-state index in [9.17, 15) is 19.2 Å². The minimum absolute atomic E-state index is 0.0848. The maximum atomic E-state index is 12.8. The summed E-state index contributed by atoms with van der Waals surface area (Å²) in [5.41, 5.74) is 6.70. The molecule has 0 aliphatic carbocycles. The maximum Gasteiger partial charge on any atom is 0.262 e. The standard InChI is InChI=1S/C18H17N5O5/c19-7-10-6-14(22-28-10)20-8-9-1-2-11-12(5-9)18(27)23(17(11)26)13-3-4-15(24)21-16(13)25/h1-2,5-6,13H,3-4,7-8,19H2,(H,20,22)(H,21,24,25). The van der Waals surface area contributed by atoms with Crippen molar-refractivity contribution < 1.29 is 23.7 Å². The lowest BCUT2D eigenvalue weighted by atomic mass is 10.0. The third-order valence-corrected chi connectivity index (χ3v) is 4.74. The average molecular weight is 383 g/mol. The van der Waals surface area contributed by atoms with E-state index in [4.69, 9.17) is 10.3 Å². The summed E-state index contributed by atoms with van der Waals surface area (Å²) >= 11 is 0. The predicted octanol–water partition coefficient (Wildman–Crippen LogP) is 0.147. The molecule has 1 saturated heterocycles. The van der Waals surface area contributed by atoms with Crippen LogP contribution in [0.5, 0.6) is 0 Å². The summed E-state index contributed by atoms with van der Waals surface area (Å²) in [6.45, 7) is 0.587. The van der Waals surface area contributed by atoms with Gasteiger partial charge in [0.1, 0.15) is 6.04 Å². The summed E-state index contributed by atoms with van der Waals surface area (Å²) in [5, 5.41) is 9.04. The lowest BCUT2D eigenvalue weighted by molar-refractivity contribution is -0.136. The Morgan fingerprint density at radius 1 is 1.18 bits per heavy atom. The highest BCUT2D eigenvalue weighted by Gasteiger charge is 2.44. The Balaban J connectivity index is 1.52. The van der Waals surface area contributed by atoms with Crippen LogP contribution in [0, 0.1) is 0 Å². The van der Waals surface area contributed by atoms with Crippen LogP contribution in [0.25, 0.3) is 0 Å². The van der Waals surface area contributed by atoms with E-state index in [1.54, 1.807) is 24.3 Å². The molecule has 0 bridgehead atoms. The molecule has 10 nitrogen and oxygen atoms in total. The van der Waals surface area contributed by atoms with E-state index in [1.165, 1.54) is 0 Å². The van der Waals surface area contributed by atoms with Crippen molar-refractivity contribution in [3.8, 4) is 0 Å². The van der Waals surface area contributed by atoms with Crippen LogP contribution >= 0.6 is 0 Å². The smallest absolute Gasteiger partial charge is 0.262 e. The SMILES string of the molecule is NCc1cc(NCc2ccc3c(c2)C(=O)N(C2CCC(=O)NC2=O)C3=O)no1. The van der Waals surface area contributed by atoms with Crippen LogP contribution in [0.3, 0.4) is 0 Å². The molecule has 2 aliphatic rings. The van der Waals surface area contributed by atoms with Crippen molar-refractivity contribution in [3.05, 3.63) is 46.7 Å². The molecule has 28 heavy (non-hydrogen) atoms. The third-order valence-electron chi connectivity index (χ3n) is 4.74. The molecule has 3 heterocycles. The number of carbonyl (C=O) groups is 4. The number of piperidine rings is 1. The monoisotopic (exact) mass is 383 g/mol. The van der Waals surface area contributed by atoms with E-state index >= 15 is 0 Å². The predicted molar refractivity (Wildman–Crippen MR) is 94.8 cm³/mol. The Bertz CT molecular complexity index is 998. The van der Waals surface area contributed by atoms with E-state index in [0.717, 1.165) is 10.5 Å². The van der Waals surface area contributed by atoms with Crippen molar-refractivity contribution in [1.29, 1.82) is 0 Å². The number of aromatic nitrogens is 1. The van der Waals surface area contributed by atoms with Gasteiger partial charge in [-0.05, 0) is 24.1 Å². The van der Waals surface area contributed by atoms with Crippen molar-refractivity contribution in [2.24, 2.45) is 5.73 Å². The van der Waals surface area contributed by atoms with Gasteiger partial charge in [-0.2, -0.15) is 0 Å². The number of benzene rings is 1. The van der Waals surface area contributed by atoms with Gasteiger partial charge in [0.25, 0.3) is 11.8 Å². The Labute approximate surface area is 159 Å².